The topological polar surface area (TPSA) is 58.2 Å². The molecule has 0 amide bonds. The van der Waals surface area contributed by atoms with Crippen molar-refractivity contribution in [2.45, 2.75) is 11.1 Å². The van der Waals surface area contributed by atoms with Gasteiger partial charge < -0.3 is 5.32 Å². The maximum Gasteiger partial charge on any atom is 0.417 e. The molecule has 0 aromatic heterocycles. The van der Waals surface area contributed by atoms with Crippen LogP contribution in [0, 0.1) is 0 Å². The summed E-state index contributed by atoms with van der Waals surface area (Å²) in [6.07, 6.45) is -4.62. The van der Waals surface area contributed by atoms with E-state index in [4.69, 9.17) is 0 Å². The highest BCUT2D eigenvalue weighted by Gasteiger charge is 2.34. The first kappa shape index (κ1) is 19.7. The summed E-state index contributed by atoms with van der Waals surface area (Å²) in [5, 5.41) is 2.72. The number of rotatable bonds is 5. The minimum atomic E-state index is -4.62. The Morgan fingerprint density at radius 2 is 1.85 bits per heavy atom. The predicted molar refractivity (Wildman–Crippen MR) is 75.5 cm³/mol. The Bertz CT molecular complexity index is 552. The van der Waals surface area contributed by atoms with Crippen LogP contribution in [0.5, 0.6) is 0 Å². The molecule has 0 aliphatic rings. The summed E-state index contributed by atoms with van der Waals surface area (Å²) in [7, 11) is -2.31. The first-order valence-corrected chi connectivity index (χ1v) is 7.47. The molecule has 1 aromatic rings. The molecule has 0 saturated heterocycles. The van der Waals surface area contributed by atoms with E-state index in [-0.39, 0.29) is 23.4 Å². The van der Waals surface area contributed by atoms with Gasteiger partial charge in [0.2, 0.25) is 10.0 Å². The Kier molecular flexibility index (Phi) is 7.47. The molecule has 0 atom stereocenters. The molecule has 0 heterocycles. The van der Waals surface area contributed by atoms with Gasteiger partial charge in [-0.1, -0.05) is 15.9 Å². The molecule has 0 spiro atoms. The molecule has 0 aliphatic carbocycles. The molecule has 0 radical (unpaired) electrons. The van der Waals surface area contributed by atoms with E-state index in [2.05, 4.69) is 26.0 Å². The summed E-state index contributed by atoms with van der Waals surface area (Å²) in [4.78, 5) is -0.417. The van der Waals surface area contributed by atoms with Gasteiger partial charge in [-0.2, -0.15) is 13.2 Å². The fourth-order valence-electron chi connectivity index (χ4n) is 1.28. The van der Waals surface area contributed by atoms with E-state index < -0.39 is 26.7 Å². The van der Waals surface area contributed by atoms with Crippen LogP contribution in [-0.2, 0) is 16.2 Å². The van der Waals surface area contributed by atoms with Crippen LogP contribution < -0.4 is 10.0 Å². The first-order valence-electron chi connectivity index (χ1n) is 5.19. The van der Waals surface area contributed by atoms with Crippen LogP contribution in [0.1, 0.15) is 5.56 Å². The molecule has 4 nitrogen and oxygen atoms in total. The molecule has 1 rings (SSSR count). The summed E-state index contributed by atoms with van der Waals surface area (Å²) in [6.45, 7) is 0.470. The highest BCUT2D eigenvalue weighted by atomic mass is 79.9. The van der Waals surface area contributed by atoms with Crippen molar-refractivity contribution in [2.24, 2.45) is 0 Å². The van der Waals surface area contributed by atoms with Crippen LogP contribution >= 0.6 is 28.3 Å². The average molecular weight is 398 g/mol. The van der Waals surface area contributed by atoms with Gasteiger partial charge in [-0.15, -0.1) is 12.4 Å². The zero-order valence-corrected chi connectivity index (χ0v) is 13.5. The molecule has 20 heavy (non-hydrogen) atoms. The molecule has 0 saturated carbocycles. The smallest absolute Gasteiger partial charge is 0.318 e. The Hall–Kier alpha value is -0.350. The molecule has 2 N–H and O–H groups in total. The molecular formula is C10H13BrClF3N2O2S. The van der Waals surface area contributed by atoms with Gasteiger partial charge in [-0.05, 0) is 25.2 Å². The third kappa shape index (κ3) is 5.21. The quantitative estimate of drug-likeness (QED) is 0.750. The zero-order chi connectivity index (χ0) is 14.7. The SMILES string of the molecule is CNCCNS(=O)(=O)c1ccc(Br)c(C(F)(F)F)c1.Cl. The second kappa shape index (κ2) is 7.60. The van der Waals surface area contributed by atoms with Crippen LogP contribution in [0.25, 0.3) is 0 Å². The number of halogens is 5. The lowest BCUT2D eigenvalue weighted by atomic mass is 10.2. The molecule has 116 valence electrons. The number of sulfonamides is 1. The number of benzene rings is 1. The molecule has 0 aliphatic heterocycles. The lowest BCUT2D eigenvalue weighted by Crippen LogP contribution is -2.30. The van der Waals surface area contributed by atoms with Crippen LogP contribution in [-0.4, -0.2) is 28.6 Å². The maximum absolute atomic E-state index is 12.7. The van der Waals surface area contributed by atoms with Crippen molar-refractivity contribution in [3.05, 3.63) is 28.2 Å². The van der Waals surface area contributed by atoms with E-state index in [0.717, 1.165) is 12.1 Å². The van der Waals surface area contributed by atoms with Crippen molar-refractivity contribution in [3.63, 3.8) is 0 Å². The number of likely N-dealkylation sites (N-methyl/N-ethyl adjacent to an activating group) is 1. The van der Waals surface area contributed by atoms with Crippen molar-refractivity contribution in [2.75, 3.05) is 20.1 Å². The maximum atomic E-state index is 12.7. The van der Waals surface area contributed by atoms with Gasteiger partial charge >= 0.3 is 6.18 Å². The number of nitrogens with one attached hydrogen (secondary N) is 2. The second-order valence-electron chi connectivity index (χ2n) is 3.64. The Balaban J connectivity index is 0.00000361. The van der Waals surface area contributed by atoms with E-state index >= 15 is 0 Å². The zero-order valence-electron chi connectivity index (χ0n) is 10.3. The van der Waals surface area contributed by atoms with E-state index in [0.29, 0.717) is 12.6 Å². The summed E-state index contributed by atoms with van der Waals surface area (Å²) >= 11 is 2.75. The third-order valence-electron chi connectivity index (χ3n) is 2.22. The van der Waals surface area contributed by atoms with Crippen molar-refractivity contribution in [3.8, 4) is 0 Å². The number of alkyl halides is 3. The van der Waals surface area contributed by atoms with Crippen LogP contribution in [0.2, 0.25) is 0 Å². The fraction of sp³-hybridized carbons (Fsp3) is 0.400. The van der Waals surface area contributed by atoms with Crippen LogP contribution in [0.3, 0.4) is 0 Å². The minimum absolute atomic E-state index is 0. The standard InChI is InChI=1S/C10H12BrF3N2O2S.ClH/c1-15-4-5-16-19(17,18)7-2-3-9(11)8(6-7)10(12,13)14;/h2-3,6,15-16H,4-5H2,1H3;1H. The van der Waals surface area contributed by atoms with E-state index in [9.17, 15) is 21.6 Å². The molecule has 0 unspecified atom stereocenters. The molecule has 0 bridgehead atoms. The van der Waals surface area contributed by atoms with Gasteiger partial charge in [0.15, 0.2) is 0 Å². The van der Waals surface area contributed by atoms with E-state index in [1.165, 1.54) is 0 Å². The summed E-state index contributed by atoms with van der Waals surface area (Å²) in [5.41, 5.74) is -1.02. The first-order chi connectivity index (χ1) is 8.68. The largest absolute Gasteiger partial charge is 0.417 e. The molecule has 0 fully saturated rings. The monoisotopic (exact) mass is 396 g/mol. The van der Waals surface area contributed by atoms with Crippen molar-refractivity contribution < 1.29 is 21.6 Å². The van der Waals surface area contributed by atoms with Gasteiger partial charge in [-0.3, -0.25) is 0 Å². The average Bonchev–Trinajstić information content (AvgIpc) is 2.27. The van der Waals surface area contributed by atoms with E-state index in [1.54, 1.807) is 7.05 Å². The van der Waals surface area contributed by atoms with Gasteiger partial charge in [0, 0.05) is 17.6 Å². The predicted octanol–water partition coefficient (Wildman–Crippen LogP) is 2.39. The summed E-state index contributed by atoms with van der Waals surface area (Å²) in [6, 6.07) is 2.78. The minimum Gasteiger partial charge on any atom is -0.318 e. The van der Waals surface area contributed by atoms with Gasteiger partial charge in [-0.25, -0.2) is 13.1 Å². The highest BCUT2D eigenvalue weighted by Crippen LogP contribution is 2.35. The van der Waals surface area contributed by atoms with Gasteiger partial charge in [0.05, 0.1) is 10.5 Å². The fourth-order valence-corrected chi connectivity index (χ4v) is 2.81. The van der Waals surface area contributed by atoms with Crippen LogP contribution in [0.4, 0.5) is 13.2 Å². The van der Waals surface area contributed by atoms with Crippen molar-refractivity contribution in [1.29, 1.82) is 0 Å². The van der Waals surface area contributed by atoms with E-state index in [1.807, 2.05) is 0 Å². The molecule has 10 heteroatoms. The van der Waals surface area contributed by atoms with Crippen molar-refractivity contribution in [1.82, 2.24) is 10.0 Å². The lowest BCUT2D eigenvalue weighted by molar-refractivity contribution is -0.138. The van der Waals surface area contributed by atoms with Crippen molar-refractivity contribution >= 4 is 38.4 Å². The number of hydrogen-bond donors (Lipinski definition) is 2. The second-order valence-corrected chi connectivity index (χ2v) is 6.26. The van der Waals surface area contributed by atoms with Gasteiger partial charge in [0.1, 0.15) is 0 Å². The summed E-state index contributed by atoms with van der Waals surface area (Å²) in [5.74, 6) is 0. The normalized spacial score (nSPS) is 12.1. The molecule has 1 aromatic carbocycles. The highest BCUT2D eigenvalue weighted by molar-refractivity contribution is 9.10. The molecular weight excluding hydrogens is 385 g/mol. The Morgan fingerprint density at radius 1 is 1.25 bits per heavy atom. The Labute approximate surface area is 129 Å². The number of hydrogen-bond acceptors (Lipinski definition) is 3. The Morgan fingerprint density at radius 3 is 2.35 bits per heavy atom. The third-order valence-corrected chi connectivity index (χ3v) is 4.37. The van der Waals surface area contributed by atoms with Crippen LogP contribution in [0.15, 0.2) is 27.6 Å². The lowest BCUT2D eigenvalue weighted by Gasteiger charge is -2.12. The summed E-state index contributed by atoms with van der Waals surface area (Å²) < 4.78 is 63.6. The van der Waals surface area contributed by atoms with Gasteiger partial charge in [0.25, 0.3) is 0 Å².